The fourth-order valence-electron chi connectivity index (χ4n) is 0.669. The van der Waals surface area contributed by atoms with Crippen molar-refractivity contribution < 1.29 is 22.6 Å². The van der Waals surface area contributed by atoms with Crippen LogP contribution < -0.4 is 0 Å². The van der Waals surface area contributed by atoms with Gasteiger partial charge in [0.25, 0.3) is 0 Å². The highest BCUT2D eigenvalue weighted by molar-refractivity contribution is 7.85. The van der Waals surface area contributed by atoms with Crippen LogP contribution in [-0.2, 0) is 10.1 Å². The van der Waals surface area contributed by atoms with E-state index in [1.165, 1.54) is 12.1 Å². The Balaban J connectivity index is 0.000000385. The summed E-state index contributed by atoms with van der Waals surface area (Å²) in [5.41, 5.74) is 0. The molecule has 0 bridgehead atoms. The number of phenols is 1. The van der Waals surface area contributed by atoms with E-state index in [9.17, 15) is 13.0 Å². The Hall–Kier alpha value is -1.11. The van der Waals surface area contributed by atoms with Crippen molar-refractivity contribution in [3.8, 4) is 5.75 Å². The summed E-state index contributed by atoms with van der Waals surface area (Å²) < 4.78 is 32.0. The average Bonchev–Trinajstić information content (AvgIpc) is 1.99. The molecule has 6 heteroatoms. The minimum absolute atomic E-state index is 0.512. The van der Waals surface area contributed by atoms with Crippen LogP contribution in [0.15, 0.2) is 29.2 Å². The van der Waals surface area contributed by atoms with Gasteiger partial charge in [0.2, 0.25) is 0 Å². The summed E-state index contributed by atoms with van der Waals surface area (Å²) in [6, 6.07) is 5.00. The molecule has 0 amide bonds. The second kappa shape index (κ2) is 5.29. The molecule has 0 unspecified atom stereocenters. The first-order valence-electron chi connectivity index (χ1n) is 4.54. The summed E-state index contributed by atoms with van der Waals surface area (Å²) >= 11 is 0. The van der Waals surface area contributed by atoms with E-state index in [2.05, 4.69) is 28.2 Å². The second-order valence-corrected chi connectivity index (χ2v) is 5.95. The maximum Gasteiger partial charge on any atom is 0.133 e. The van der Waals surface area contributed by atoms with E-state index in [0.717, 1.165) is 16.6 Å². The highest BCUT2D eigenvalue weighted by Crippen LogP contribution is 2.20. The Bertz CT molecular complexity index is 428. The van der Waals surface area contributed by atoms with Crippen LogP contribution in [0.25, 0.3) is 0 Å². The van der Waals surface area contributed by atoms with Gasteiger partial charge in [0, 0.05) is 0 Å². The highest BCUT2D eigenvalue weighted by Gasteiger charge is 2.04. The Kier molecular flexibility index (Phi) is 4.92. The van der Waals surface area contributed by atoms with Crippen LogP contribution in [0.3, 0.4) is 0 Å². The van der Waals surface area contributed by atoms with Crippen molar-refractivity contribution >= 4 is 10.1 Å². The van der Waals surface area contributed by atoms with Crippen LogP contribution in [0.1, 0.15) is 0 Å². The standard InChI is InChI=1S/C6H6O4S.C4H12N/c7-5-3-1-2-4-6(5)11(8,9)10;1-5(2,3)4/h1-4,7H,(H,8,9,10);1-4H3/q;+1/p-1. The summed E-state index contributed by atoms with van der Waals surface area (Å²) in [4.78, 5) is -0.583. The third kappa shape index (κ3) is 7.22. The van der Waals surface area contributed by atoms with Gasteiger partial charge in [-0.1, -0.05) is 12.1 Å². The molecule has 0 aliphatic carbocycles. The summed E-state index contributed by atoms with van der Waals surface area (Å²) in [6.45, 7) is 0. The molecule has 0 aromatic heterocycles. The lowest BCUT2D eigenvalue weighted by atomic mass is 10.3. The minimum Gasteiger partial charge on any atom is -0.744 e. The number of nitrogens with zero attached hydrogens (tertiary/aromatic N) is 1. The maximum absolute atomic E-state index is 10.3. The first-order chi connectivity index (χ1) is 7.02. The number of rotatable bonds is 1. The quantitative estimate of drug-likeness (QED) is 0.583. The van der Waals surface area contributed by atoms with Gasteiger partial charge >= 0.3 is 0 Å². The van der Waals surface area contributed by atoms with Gasteiger partial charge in [-0.3, -0.25) is 0 Å². The number of aromatic hydroxyl groups is 1. The van der Waals surface area contributed by atoms with Crippen LogP contribution in [0.4, 0.5) is 0 Å². The van der Waals surface area contributed by atoms with Crippen LogP contribution in [-0.4, -0.2) is 50.8 Å². The molecule has 0 aliphatic rings. The Morgan fingerprint density at radius 1 is 1.12 bits per heavy atom. The molecular formula is C10H17NO4S. The van der Waals surface area contributed by atoms with Crippen molar-refractivity contribution in [1.29, 1.82) is 0 Å². The zero-order valence-corrected chi connectivity index (χ0v) is 10.7. The molecule has 0 saturated carbocycles. The molecule has 1 rings (SSSR count). The monoisotopic (exact) mass is 247 g/mol. The Labute approximate surface area is 96.3 Å². The van der Waals surface area contributed by atoms with E-state index in [1.807, 2.05) is 0 Å². The number of hydrogen-bond donors (Lipinski definition) is 1. The molecule has 1 aromatic rings. The van der Waals surface area contributed by atoms with Crippen LogP contribution in [0.5, 0.6) is 5.75 Å². The van der Waals surface area contributed by atoms with Gasteiger partial charge in [0.05, 0.1) is 33.1 Å². The van der Waals surface area contributed by atoms with E-state index < -0.39 is 20.8 Å². The van der Waals surface area contributed by atoms with Crippen LogP contribution in [0.2, 0.25) is 0 Å². The van der Waals surface area contributed by atoms with Gasteiger partial charge in [-0.05, 0) is 12.1 Å². The highest BCUT2D eigenvalue weighted by atomic mass is 32.2. The zero-order valence-electron chi connectivity index (χ0n) is 9.84. The molecule has 0 fully saturated rings. The topological polar surface area (TPSA) is 77.4 Å². The predicted octanol–water partition coefficient (Wildman–Crippen LogP) is 0.619. The normalized spacial score (nSPS) is 11.6. The molecule has 1 N–H and O–H groups in total. The number of para-hydroxylation sites is 1. The minimum atomic E-state index is -4.53. The van der Waals surface area contributed by atoms with E-state index in [1.54, 1.807) is 0 Å². The van der Waals surface area contributed by atoms with Gasteiger partial charge in [-0.15, -0.1) is 0 Å². The lowest BCUT2D eigenvalue weighted by Crippen LogP contribution is -2.27. The van der Waals surface area contributed by atoms with Gasteiger partial charge in [-0.25, -0.2) is 8.42 Å². The van der Waals surface area contributed by atoms with E-state index in [4.69, 9.17) is 5.11 Å². The third-order valence-corrected chi connectivity index (χ3v) is 2.02. The zero-order chi connectivity index (χ0) is 13.0. The second-order valence-electron chi connectivity index (χ2n) is 4.61. The van der Waals surface area contributed by atoms with Gasteiger partial charge in [0.15, 0.2) is 0 Å². The molecule has 0 aliphatic heterocycles. The predicted molar refractivity (Wildman–Crippen MR) is 60.0 cm³/mol. The number of benzene rings is 1. The Morgan fingerprint density at radius 2 is 1.50 bits per heavy atom. The first kappa shape index (κ1) is 14.9. The smallest absolute Gasteiger partial charge is 0.133 e. The molecule has 1 aromatic carbocycles. The van der Waals surface area contributed by atoms with Crippen LogP contribution in [0, 0.1) is 0 Å². The van der Waals surface area contributed by atoms with E-state index >= 15 is 0 Å². The largest absolute Gasteiger partial charge is 0.744 e. The molecular weight excluding hydrogens is 230 g/mol. The Morgan fingerprint density at radius 3 is 1.75 bits per heavy atom. The van der Waals surface area contributed by atoms with Crippen molar-refractivity contribution in [2.45, 2.75) is 4.90 Å². The molecule has 0 heterocycles. The average molecular weight is 247 g/mol. The molecule has 0 saturated heterocycles. The molecule has 0 atom stereocenters. The SMILES string of the molecule is C[N+](C)(C)C.O=S(=O)([O-])c1ccccc1O. The van der Waals surface area contributed by atoms with Gasteiger partial charge < -0.3 is 14.1 Å². The number of phenolic OH excluding ortho intramolecular Hbond substituents is 1. The third-order valence-electron chi connectivity index (χ3n) is 1.13. The molecule has 5 nitrogen and oxygen atoms in total. The molecule has 0 spiro atoms. The van der Waals surface area contributed by atoms with Gasteiger partial charge in [-0.2, -0.15) is 0 Å². The fraction of sp³-hybridized carbons (Fsp3) is 0.400. The number of hydrogen-bond acceptors (Lipinski definition) is 4. The lowest BCUT2D eigenvalue weighted by Gasteiger charge is -2.14. The lowest BCUT2D eigenvalue weighted by molar-refractivity contribution is -0.849. The fourth-order valence-corrected chi connectivity index (χ4v) is 1.24. The van der Waals surface area contributed by atoms with Crippen molar-refractivity contribution in [2.24, 2.45) is 0 Å². The first-order valence-corrected chi connectivity index (χ1v) is 5.95. The van der Waals surface area contributed by atoms with Crippen molar-refractivity contribution in [3.63, 3.8) is 0 Å². The summed E-state index contributed by atoms with van der Waals surface area (Å²) in [6.07, 6.45) is 0. The van der Waals surface area contributed by atoms with E-state index in [0.29, 0.717) is 0 Å². The van der Waals surface area contributed by atoms with E-state index in [-0.39, 0.29) is 0 Å². The van der Waals surface area contributed by atoms with Crippen molar-refractivity contribution in [1.82, 2.24) is 0 Å². The van der Waals surface area contributed by atoms with Crippen LogP contribution >= 0.6 is 0 Å². The number of quaternary nitrogens is 1. The molecule has 92 valence electrons. The molecule has 0 radical (unpaired) electrons. The summed E-state index contributed by atoms with van der Waals surface area (Å²) in [7, 11) is 3.97. The summed E-state index contributed by atoms with van der Waals surface area (Å²) in [5, 5.41) is 8.87. The molecule has 16 heavy (non-hydrogen) atoms. The van der Waals surface area contributed by atoms with Gasteiger partial charge in [0.1, 0.15) is 15.9 Å². The maximum atomic E-state index is 10.3. The van der Waals surface area contributed by atoms with Crippen molar-refractivity contribution in [2.75, 3.05) is 28.2 Å². The van der Waals surface area contributed by atoms with Crippen molar-refractivity contribution in [3.05, 3.63) is 24.3 Å². The summed E-state index contributed by atoms with van der Waals surface area (Å²) in [5.74, 6) is -0.512.